The summed E-state index contributed by atoms with van der Waals surface area (Å²) in [6.07, 6.45) is 5.41. The number of guanidine groups is 1. The molecule has 3 heterocycles. The second kappa shape index (κ2) is 11.8. The third-order valence-corrected chi connectivity index (χ3v) is 4.77. The molecule has 2 aromatic rings. The molecule has 28 heavy (non-hydrogen) atoms. The molecule has 1 saturated heterocycles. The van der Waals surface area contributed by atoms with Crippen LogP contribution in [0, 0.1) is 0 Å². The number of pyridine rings is 1. The molecule has 0 amide bonds. The van der Waals surface area contributed by atoms with Crippen LogP contribution in [0.5, 0.6) is 0 Å². The summed E-state index contributed by atoms with van der Waals surface area (Å²) >= 11 is 0. The van der Waals surface area contributed by atoms with Crippen molar-refractivity contribution in [3.8, 4) is 0 Å². The van der Waals surface area contributed by atoms with Gasteiger partial charge in [0.2, 0.25) is 5.56 Å². The number of aliphatic imine (C=N–C) groups is 1. The first-order valence-electron chi connectivity index (χ1n) is 9.49. The number of aromatic nitrogens is 2. The molecule has 1 aliphatic heterocycles. The van der Waals surface area contributed by atoms with E-state index in [1.807, 2.05) is 25.4 Å². The van der Waals surface area contributed by atoms with Crippen LogP contribution in [0.25, 0.3) is 0 Å². The highest BCUT2D eigenvalue weighted by Crippen LogP contribution is 2.07. The number of piperazine rings is 1. The maximum atomic E-state index is 11.7. The van der Waals surface area contributed by atoms with E-state index in [9.17, 15) is 4.79 Å². The van der Waals surface area contributed by atoms with Crippen LogP contribution in [0.1, 0.15) is 18.5 Å². The lowest BCUT2D eigenvalue weighted by Gasteiger charge is -2.36. The fourth-order valence-corrected chi connectivity index (χ4v) is 3.25. The SMILES string of the molecule is CN=C(NCCCCn1ccccc1=O)N1CCN(Cc2ccon2)CC1.I. The number of nitrogens with zero attached hydrogens (tertiary/aromatic N) is 5. The van der Waals surface area contributed by atoms with Crippen LogP contribution < -0.4 is 10.9 Å². The Morgan fingerprint density at radius 3 is 2.71 bits per heavy atom. The molecule has 154 valence electrons. The van der Waals surface area contributed by atoms with E-state index in [2.05, 4.69) is 25.3 Å². The van der Waals surface area contributed by atoms with Gasteiger partial charge in [0.05, 0.1) is 5.69 Å². The Kier molecular flexibility index (Phi) is 9.48. The molecular formula is C19H29IN6O2. The molecule has 0 aromatic carbocycles. The van der Waals surface area contributed by atoms with E-state index in [1.165, 1.54) is 0 Å². The van der Waals surface area contributed by atoms with E-state index < -0.39 is 0 Å². The molecule has 8 nitrogen and oxygen atoms in total. The third kappa shape index (κ3) is 6.62. The van der Waals surface area contributed by atoms with E-state index in [0.717, 1.165) is 70.3 Å². The van der Waals surface area contributed by atoms with Crippen molar-refractivity contribution in [2.24, 2.45) is 4.99 Å². The molecule has 9 heteroatoms. The minimum atomic E-state index is 0. The second-order valence-corrected chi connectivity index (χ2v) is 6.67. The lowest BCUT2D eigenvalue weighted by atomic mass is 10.3. The summed E-state index contributed by atoms with van der Waals surface area (Å²) < 4.78 is 6.65. The molecule has 2 aromatic heterocycles. The Bertz CT molecular complexity index is 769. The largest absolute Gasteiger partial charge is 0.364 e. The normalized spacial score (nSPS) is 15.3. The summed E-state index contributed by atoms with van der Waals surface area (Å²) in [6, 6.07) is 7.18. The van der Waals surface area contributed by atoms with Crippen molar-refractivity contribution >= 4 is 29.9 Å². The Balaban J connectivity index is 0.00000280. The highest BCUT2D eigenvalue weighted by molar-refractivity contribution is 14.0. The molecule has 0 saturated carbocycles. The van der Waals surface area contributed by atoms with Crippen LogP contribution in [0.15, 0.2) is 51.0 Å². The first-order valence-corrected chi connectivity index (χ1v) is 9.49. The van der Waals surface area contributed by atoms with Gasteiger partial charge in [-0.2, -0.15) is 0 Å². The monoisotopic (exact) mass is 500 g/mol. The van der Waals surface area contributed by atoms with Crippen LogP contribution in [-0.2, 0) is 13.1 Å². The lowest BCUT2D eigenvalue weighted by molar-refractivity contribution is 0.169. The molecule has 0 atom stereocenters. The molecule has 1 fully saturated rings. The summed E-state index contributed by atoms with van der Waals surface area (Å²) in [6.45, 7) is 6.27. The van der Waals surface area contributed by atoms with Gasteiger partial charge < -0.3 is 19.3 Å². The average molecular weight is 500 g/mol. The van der Waals surface area contributed by atoms with E-state index in [-0.39, 0.29) is 29.5 Å². The number of rotatable bonds is 7. The van der Waals surface area contributed by atoms with Crippen LogP contribution in [-0.4, -0.2) is 65.3 Å². The summed E-state index contributed by atoms with van der Waals surface area (Å²) in [7, 11) is 1.83. The van der Waals surface area contributed by atoms with Crippen molar-refractivity contribution in [1.82, 2.24) is 24.8 Å². The van der Waals surface area contributed by atoms with Gasteiger partial charge in [-0.05, 0) is 18.9 Å². The molecule has 0 bridgehead atoms. The zero-order chi connectivity index (χ0) is 18.9. The fraction of sp³-hybridized carbons (Fsp3) is 0.526. The highest BCUT2D eigenvalue weighted by Gasteiger charge is 2.20. The van der Waals surface area contributed by atoms with E-state index in [4.69, 9.17) is 4.52 Å². The van der Waals surface area contributed by atoms with Crippen molar-refractivity contribution in [3.63, 3.8) is 0 Å². The van der Waals surface area contributed by atoms with Gasteiger partial charge in [0.25, 0.3) is 0 Å². The van der Waals surface area contributed by atoms with Gasteiger partial charge in [-0.15, -0.1) is 24.0 Å². The van der Waals surface area contributed by atoms with Gasteiger partial charge in [0.1, 0.15) is 6.26 Å². The number of aryl methyl sites for hydroxylation is 1. The van der Waals surface area contributed by atoms with Crippen LogP contribution >= 0.6 is 24.0 Å². The lowest BCUT2D eigenvalue weighted by Crippen LogP contribution is -2.52. The summed E-state index contributed by atoms with van der Waals surface area (Å²) in [5.74, 6) is 0.952. The van der Waals surface area contributed by atoms with Crippen LogP contribution in [0.3, 0.4) is 0 Å². The molecule has 1 aliphatic rings. The van der Waals surface area contributed by atoms with Crippen molar-refractivity contribution in [1.29, 1.82) is 0 Å². The fourth-order valence-electron chi connectivity index (χ4n) is 3.25. The van der Waals surface area contributed by atoms with Crippen molar-refractivity contribution in [3.05, 3.63) is 52.8 Å². The molecule has 3 rings (SSSR count). The Morgan fingerprint density at radius 1 is 1.21 bits per heavy atom. The standard InChI is InChI=1S/C19H28N6O2.HI/c1-20-19(21-8-3-5-10-24-9-4-2-6-18(24)26)25-13-11-23(12-14-25)16-17-7-15-27-22-17;/h2,4,6-7,9,15H,3,5,8,10-14,16H2,1H3,(H,20,21);1H. The molecule has 0 aliphatic carbocycles. The molecular weight excluding hydrogens is 471 g/mol. The minimum absolute atomic E-state index is 0. The van der Waals surface area contributed by atoms with Crippen molar-refractivity contribution in [2.75, 3.05) is 39.8 Å². The first-order chi connectivity index (χ1) is 13.3. The maximum Gasteiger partial charge on any atom is 0.250 e. The topological polar surface area (TPSA) is 78.9 Å². The van der Waals surface area contributed by atoms with Crippen LogP contribution in [0.4, 0.5) is 0 Å². The van der Waals surface area contributed by atoms with Gasteiger partial charge in [0.15, 0.2) is 5.96 Å². The van der Waals surface area contributed by atoms with Gasteiger partial charge in [-0.3, -0.25) is 14.7 Å². The van der Waals surface area contributed by atoms with Gasteiger partial charge >= 0.3 is 0 Å². The van der Waals surface area contributed by atoms with Crippen molar-refractivity contribution in [2.45, 2.75) is 25.9 Å². The Labute approximate surface area is 182 Å². The first kappa shape index (κ1) is 22.4. The zero-order valence-electron chi connectivity index (χ0n) is 16.3. The Hall–Kier alpha value is -1.88. The molecule has 0 radical (unpaired) electrons. The highest BCUT2D eigenvalue weighted by atomic mass is 127. The number of unbranched alkanes of at least 4 members (excludes halogenated alkanes) is 1. The van der Waals surface area contributed by atoms with E-state index in [1.54, 1.807) is 23.0 Å². The number of hydrogen-bond acceptors (Lipinski definition) is 5. The van der Waals surface area contributed by atoms with Crippen LogP contribution in [0.2, 0.25) is 0 Å². The zero-order valence-corrected chi connectivity index (χ0v) is 18.6. The van der Waals surface area contributed by atoms with Crippen molar-refractivity contribution < 1.29 is 4.52 Å². The average Bonchev–Trinajstić information content (AvgIpc) is 3.20. The predicted molar refractivity (Wildman–Crippen MR) is 120 cm³/mol. The summed E-state index contributed by atoms with van der Waals surface area (Å²) in [4.78, 5) is 20.8. The number of nitrogens with one attached hydrogen (secondary N) is 1. The molecule has 0 spiro atoms. The third-order valence-electron chi connectivity index (χ3n) is 4.77. The second-order valence-electron chi connectivity index (χ2n) is 6.67. The van der Waals surface area contributed by atoms with Gasteiger partial charge in [-0.1, -0.05) is 11.2 Å². The Morgan fingerprint density at radius 2 is 2.04 bits per heavy atom. The van der Waals surface area contributed by atoms with Gasteiger partial charge in [-0.25, -0.2) is 0 Å². The summed E-state index contributed by atoms with van der Waals surface area (Å²) in [5, 5.41) is 7.42. The molecule has 0 unspecified atom stereocenters. The smallest absolute Gasteiger partial charge is 0.250 e. The predicted octanol–water partition coefficient (Wildman–Crippen LogP) is 1.63. The maximum absolute atomic E-state index is 11.7. The quantitative estimate of drug-likeness (QED) is 0.270. The number of hydrogen-bond donors (Lipinski definition) is 1. The number of halogens is 1. The van der Waals surface area contributed by atoms with E-state index in [0.29, 0.717) is 0 Å². The van der Waals surface area contributed by atoms with E-state index >= 15 is 0 Å². The molecule has 1 N–H and O–H groups in total. The van der Waals surface area contributed by atoms with Gasteiger partial charge in [0, 0.05) is 71.2 Å². The minimum Gasteiger partial charge on any atom is -0.364 e. The summed E-state index contributed by atoms with van der Waals surface area (Å²) in [5.41, 5.74) is 1.04.